The molecule has 0 N–H and O–H groups in total. The zero-order valence-electron chi connectivity index (χ0n) is 12.5. The van der Waals surface area contributed by atoms with Gasteiger partial charge in [-0.15, -0.1) is 11.3 Å². The Bertz CT molecular complexity index is 741. The second-order valence-electron chi connectivity index (χ2n) is 5.86. The molecule has 0 saturated heterocycles. The molecule has 1 fully saturated rings. The van der Waals surface area contributed by atoms with E-state index >= 15 is 0 Å². The van der Waals surface area contributed by atoms with Gasteiger partial charge >= 0.3 is 0 Å². The van der Waals surface area contributed by atoms with E-state index in [9.17, 15) is 0 Å². The van der Waals surface area contributed by atoms with Crippen LogP contribution in [0.5, 0.6) is 5.75 Å². The van der Waals surface area contributed by atoms with Gasteiger partial charge in [0.2, 0.25) is 0 Å². The molecule has 0 amide bonds. The van der Waals surface area contributed by atoms with Crippen molar-refractivity contribution in [3.05, 3.63) is 48.5 Å². The lowest BCUT2D eigenvalue weighted by Crippen LogP contribution is -2.19. The molecular weight excluding hydrogens is 290 g/mol. The number of nitrogens with zero attached hydrogens (tertiary/aromatic N) is 1. The van der Waals surface area contributed by atoms with Crippen LogP contribution in [0.3, 0.4) is 0 Å². The van der Waals surface area contributed by atoms with Crippen LogP contribution in [0.4, 0.5) is 0 Å². The van der Waals surface area contributed by atoms with Crippen LogP contribution in [-0.4, -0.2) is 11.1 Å². The largest absolute Gasteiger partial charge is 0.490 e. The Morgan fingerprint density at radius 3 is 2.55 bits per heavy atom. The molecule has 3 aromatic rings. The number of ether oxygens (including phenoxy) is 1. The van der Waals surface area contributed by atoms with Crippen LogP contribution in [0.15, 0.2) is 48.5 Å². The van der Waals surface area contributed by atoms with Crippen molar-refractivity contribution in [1.29, 1.82) is 0 Å². The molecule has 1 aliphatic carbocycles. The van der Waals surface area contributed by atoms with E-state index in [-0.39, 0.29) is 0 Å². The number of benzene rings is 2. The van der Waals surface area contributed by atoms with Crippen molar-refractivity contribution < 1.29 is 4.74 Å². The van der Waals surface area contributed by atoms with Crippen LogP contribution in [0.1, 0.15) is 32.1 Å². The molecule has 0 atom stereocenters. The predicted molar refractivity (Wildman–Crippen MR) is 92.6 cm³/mol. The van der Waals surface area contributed by atoms with E-state index in [1.54, 1.807) is 11.3 Å². The van der Waals surface area contributed by atoms with Gasteiger partial charge in [-0.2, -0.15) is 0 Å². The number of hydrogen-bond donors (Lipinski definition) is 0. The van der Waals surface area contributed by atoms with E-state index in [1.807, 2.05) is 6.07 Å². The number of thiazole rings is 1. The monoisotopic (exact) mass is 309 g/mol. The van der Waals surface area contributed by atoms with Gasteiger partial charge in [0.1, 0.15) is 10.8 Å². The second kappa shape index (κ2) is 6.09. The molecule has 0 spiro atoms. The average molecular weight is 309 g/mol. The SMILES string of the molecule is c1ccc(-c2nc3ccccc3s2)c(OC2CCCCC2)c1. The molecule has 1 aliphatic rings. The van der Waals surface area contributed by atoms with Crippen molar-refractivity contribution in [2.24, 2.45) is 0 Å². The van der Waals surface area contributed by atoms with Gasteiger partial charge in [0.05, 0.1) is 21.9 Å². The Kier molecular flexibility index (Phi) is 3.81. The quantitative estimate of drug-likeness (QED) is 0.621. The van der Waals surface area contributed by atoms with E-state index in [4.69, 9.17) is 9.72 Å². The third-order valence-corrected chi connectivity index (χ3v) is 5.33. The third-order valence-electron chi connectivity index (χ3n) is 4.26. The summed E-state index contributed by atoms with van der Waals surface area (Å²) in [6.45, 7) is 0. The van der Waals surface area contributed by atoms with Gasteiger partial charge < -0.3 is 4.74 Å². The zero-order chi connectivity index (χ0) is 14.8. The lowest BCUT2D eigenvalue weighted by atomic mass is 9.98. The Labute approximate surface area is 134 Å². The highest BCUT2D eigenvalue weighted by molar-refractivity contribution is 7.21. The van der Waals surface area contributed by atoms with Crippen molar-refractivity contribution in [1.82, 2.24) is 4.98 Å². The van der Waals surface area contributed by atoms with Crippen molar-refractivity contribution in [2.75, 3.05) is 0 Å². The minimum absolute atomic E-state index is 0.365. The van der Waals surface area contributed by atoms with Gasteiger partial charge in [0.25, 0.3) is 0 Å². The fourth-order valence-electron chi connectivity index (χ4n) is 3.10. The van der Waals surface area contributed by atoms with Crippen LogP contribution >= 0.6 is 11.3 Å². The maximum absolute atomic E-state index is 6.30. The van der Waals surface area contributed by atoms with Crippen molar-refractivity contribution >= 4 is 21.6 Å². The highest BCUT2D eigenvalue weighted by Crippen LogP contribution is 2.37. The van der Waals surface area contributed by atoms with E-state index < -0.39 is 0 Å². The first-order chi connectivity index (χ1) is 10.9. The van der Waals surface area contributed by atoms with E-state index in [1.165, 1.54) is 36.8 Å². The molecule has 1 heterocycles. The first-order valence-corrected chi connectivity index (χ1v) is 8.83. The molecule has 0 aliphatic heterocycles. The smallest absolute Gasteiger partial charge is 0.129 e. The van der Waals surface area contributed by atoms with Crippen molar-refractivity contribution in [2.45, 2.75) is 38.2 Å². The van der Waals surface area contributed by atoms with Gasteiger partial charge in [-0.1, -0.05) is 30.7 Å². The lowest BCUT2D eigenvalue weighted by molar-refractivity contribution is 0.156. The topological polar surface area (TPSA) is 22.1 Å². The average Bonchev–Trinajstić information content (AvgIpc) is 3.00. The molecule has 1 saturated carbocycles. The standard InChI is InChI=1S/C19H19NOS/c1-2-8-14(9-3-1)21-17-12-6-4-10-15(17)19-20-16-11-5-7-13-18(16)22-19/h4-7,10-14H,1-3,8-9H2. The zero-order valence-corrected chi connectivity index (χ0v) is 13.3. The fourth-order valence-corrected chi connectivity index (χ4v) is 4.09. The van der Waals surface area contributed by atoms with Gasteiger partial charge in [-0.05, 0) is 49.9 Å². The van der Waals surface area contributed by atoms with E-state index in [2.05, 4.69) is 42.5 Å². The second-order valence-corrected chi connectivity index (χ2v) is 6.89. The number of hydrogen-bond acceptors (Lipinski definition) is 3. The van der Waals surface area contributed by atoms with Crippen LogP contribution < -0.4 is 4.74 Å². The number of fused-ring (bicyclic) bond motifs is 1. The predicted octanol–water partition coefficient (Wildman–Crippen LogP) is 5.67. The Morgan fingerprint density at radius 1 is 0.909 bits per heavy atom. The maximum atomic E-state index is 6.30. The molecule has 1 aromatic heterocycles. The first kappa shape index (κ1) is 13.8. The first-order valence-electron chi connectivity index (χ1n) is 8.02. The summed E-state index contributed by atoms with van der Waals surface area (Å²) >= 11 is 1.74. The summed E-state index contributed by atoms with van der Waals surface area (Å²) in [5.41, 5.74) is 2.18. The summed E-state index contributed by atoms with van der Waals surface area (Å²) in [4.78, 5) is 4.78. The number of rotatable bonds is 3. The lowest BCUT2D eigenvalue weighted by Gasteiger charge is -2.24. The molecule has 0 radical (unpaired) electrons. The maximum Gasteiger partial charge on any atom is 0.129 e. The van der Waals surface area contributed by atoms with Crippen LogP contribution in [0.2, 0.25) is 0 Å². The molecule has 22 heavy (non-hydrogen) atoms. The molecule has 112 valence electrons. The summed E-state index contributed by atoms with van der Waals surface area (Å²) in [6, 6.07) is 16.6. The molecule has 0 unspecified atom stereocenters. The van der Waals surface area contributed by atoms with Gasteiger partial charge in [0.15, 0.2) is 0 Å². The fraction of sp³-hybridized carbons (Fsp3) is 0.316. The highest BCUT2D eigenvalue weighted by Gasteiger charge is 2.18. The van der Waals surface area contributed by atoms with E-state index in [0.29, 0.717) is 6.10 Å². The minimum Gasteiger partial charge on any atom is -0.490 e. The van der Waals surface area contributed by atoms with Crippen LogP contribution in [-0.2, 0) is 0 Å². The molecule has 3 heteroatoms. The van der Waals surface area contributed by atoms with Crippen LogP contribution in [0, 0.1) is 0 Å². The summed E-state index contributed by atoms with van der Waals surface area (Å²) in [7, 11) is 0. The molecule has 2 nitrogen and oxygen atoms in total. The number of para-hydroxylation sites is 2. The van der Waals surface area contributed by atoms with Gasteiger partial charge in [-0.3, -0.25) is 0 Å². The Hall–Kier alpha value is -1.87. The minimum atomic E-state index is 0.365. The van der Waals surface area contributed by atoms with Crippen molar-refractivity contribution in [3.63, 3.8) is 0 Å². The number of aromatic nitrogens is 1. The van der Waals surface area contributed by atoms with Gasteiger partial charge in [0, 0.05) is 0 Å². The van der Waals surface area contributed by atoms with E-state index in [0.717, 1.165) is 21.8 Å². The van der Waals surface area contributed by atoms with Crippen LogP contribution in [0.25, 0.3) is 20.8 Å². The Morgan fingerprint density at radius 2 is 1.68 bits per heavy atom. The Balaban J connectivity index is 1.68. The molecular formula is C19H19NOS. The third kappa shape index (κ3) is 2.73. The highest BCUT2D eigenvalue weighted by atomic mass is 32.1. The summed E-state index contributed by atoms with van der Waals surface area (Å²) in [5.74, 6) is 0.980. The molecule has 4 rings (SSSR count). The summed E-state index contributed by atoms with van der Waals surface area (Å²) in [6.07, 6.45) is 6.63. The van der Waals surface area contributed by atoms with Gasteiger partial charge in [-0.25, -0.2) is 4.98 Å². The summed E-state index contributed by atoms with van der Waals surface area (Å²) in [5, 5.41) is 1.05. The molecule has 0 bridgehead atoms. The normalized spacial score (nSPS) is 16.0. The molecule has 2 aromatic carbocycles. The summed E-state index contributed by atoms with van der Waals surface area (Å²) < 4.78 is 7.53. The van der Waals surface area contributed by atoms with Crippen molar-refractivity contribution in [3.8, 4) is 16.3 Å².